The summed E-state index contributed by atoms with van der Waals surface area (Å²) in [5.41, 5.74) is 1.57. The van der Waals surface area contributed by atoms with Crippen LogP contribution >= 0.6 is 12.2 Å². The average Bonchev–Trinajstić information content (AvgIpc) is 2.77. The molecule has 4 rings (SSSR count). The Morgan fingerprint density at radius 2 is 1.58 bits per heavy atom. The molecule has 2 aromatic heterocycles. The Kier molecular flexibility index (Phi) is 6.78. The molecule has 2 heterocycles. The number of nitrogens with zero attached hydrogens (tertiary/aromatic N) is 3. The molecule has 0 saturated carbocycles. The molecule has 0 unspecified atom stereocenters. The molecule has 0 bridgehead atoms. The molecule has 36 heavy (non-hydrogen) atoms. The fourth-order valence-electron chi connectivity index (χ4n) is 3.39. The molecular weight excluding hydrogens is 513 g/mol. The first-order chi connectivity index (χ1) is 16.9. The van der Waals surface area contributed by atoms with Crippen molar-refractivity contribution in [2.24, 2.45) is 0 Å². The third kappa shape index (κ3) is 5.86. The summed E-state index contributed by atoms with van der Waals surface area (Å²) in [4.78, 5) is 12.2. The van der Waals surface area contributed by atoms with Crippen LogP contribution in [0.15, 0.2) is 65.7 Å². The lowest BCUT2D eigenvalue weighted by atomic mass is 10.1. The number of sulfonamides is 1. The fraction of sp³-hybridized carbons (Fsp3) is 0.130. The highest BCUT2D eigenvalue weighted by Crippen LogP contribution is 2.32. The van der Waals surface area contributed by atoms with Gasteiger partial charge in [-0.1, -0.05) is 6.07 Å². The third-order valence-electron chi connectivity index (χ3n) is 4.95. The van der Waals surface area contributed by atoms with Crippen LogP contribution in [0.1, 0.15) is 17.0 Å². The summed E-state index contributed by atoms with van der Waals surface area (Å²) in [6.07, 6.45) is -3.10. The molecule has 0 atom stereocenters. The van der Waals surface area contributed by atoms with E-state index in [0.29, 0.717) is 28.1 Å². The number of hydrogen-bond donors (Lipinski definition) is 3. The number of benzene rings is 2. The standard InChI is InChI=1S/C23H19F3N6O2S2/c1-13-11-14(2)29-21(28-13)32-36(33,34)17-6-4-16(5-7-17)30-22(35)31-19-9-10-27-20-12-15(23(24,25)26)3-8-18(19)20/h3-12H,1-2H3,(H,28,29,32)(H2,27,30,31,35). The van der Waals surface area contributed by atoms with Crippen molar-refractivity contribution < 1.29 is 21.6 Å². The third-order valence-corrected chi connectivity index (χ3v) is 6.50. The second-order valence-electron chi connectivity index (χ2n) is 7.77. The zero-order valence-corrected chi connectivity index (χ0v) is 20.5. The van der Waals surface area contributed by atoms with Crippen molar-refractivity contribution in [3.8, 4) is 0 Å². The van der Waals surface area contributed by atoms with Crippen molar-refractivity contribution in [2.75, 3.05) is 15.4 Å². The van der Waals surface area contributed by atoms with Gasteiger partial charge in [-0.3, -0.25) is 4.98 Å². The first-order valence-electron chi connectivity index (χ1n) is 10.4. The fourth-order valence-corrected chi connectivity index (χ4v) is 4.56. The molecule has 8 nitrogen and oxygen atoms in total. The van der Waals surface area contributed by atoms with Crippen LogP contribution in [0.3, 0.4) is 0 Å². The van der Waals surface area contributed by atoms with Crippen LogP contribution in [0.25, 0.3) is 10.9 Å². The summed E-state index contributed by atoms with van der Waals surface area (Å²) in [7, 11) is -3.92. The molecular formula is C23H19F3N6O2S2. The summed E-state index contributed by atoms with van der Waals surface area (Å²) in [6, 6.07) is 12.4. The van der Waals surface area contributed by atoms with E-state index in [1.165, 1.54) is 36.5 Å². The van der Waals surface area contributed by atoms with Crippen molar-refractivity contribution in [1.82, 2.24) is 15.0 Å². The molecule has 186 valence electrons. The number of hydrogen-bond acceptors (Lipinski definition) is 6. The molecule has 0 fully saturated rings. The normalized spacial score (nSPS) is 11.8. The van der Waals surface area contributed by atoms with Crippen LogP contribution in [0.5, 0.6) is 0 Å². The molecule has 0 aliphatic carbocycles. The first kappa shape index (κ1) is 25.3. The van der Waals surface area contributed by atoms with E-state index in [2.05, 4.69) is 30.3 Å². The molecule has 0 aliphatic heterocycles. The predicted octanol–water partition coefficient (Wildman–Crippen LogP) is 5.27. The van der Waals surface area contributed by atoms with Crippen molar-refractivity contribution in [3.63, 3.8) is 0 Å². The van der Waals surface area contributed by atoms with Gasteiger partial charge in [-0.2, -0.15) is 13.2 Å². The number of pyridine rings is 1. The van der Waals surface area contributed by atoms with Gasteiger partial charge in [0, 0.05) is 28.7 Å². The van der Waals surface area contributed by atoms with Gasteiger partial charge in [0.25, 0.3) is 10.0 Å². The van der Waals surface area contributed by atoms with Crippen LogP contribution in [-0.4, -0.2) is 28.5 Å². The van der Waals surface area contributed by atoms with E-state index in [0.717, 1.165) is 12.1 Å². The Morgan fingerprint density at radius 1 is 0.917 bits per heavy atom. The lowest BCUT2D eigenvalue weighted by Gasteiger charge is -2.14. The molecule has 13 heteroatoms. The molecule has 4 aromatic rings. The number of halogens is 3. The highest BCUT2D eigenvalue weighted by Gasteiger charge is 2.30. The summed E-state index contributed by atoms with van der Waals surface area (Å²) in [5, 5.41) is 6.45. The van der Waals surface area contributed by atoms with Crippen LogP contribution < -0.4 is 15.4 Å². The number of aryl methyl sites for hydroxylation is 2. The number of fused-ring (bicyclic) bond motifs is 1. The highest BCUT2D eigenvalue weighted by molar-refractivity contribution is 7.92. The van der Waals surface area contributed by atoms with Crippen LogP contribution in [-0.2, 0) is 16.2 Å². The van der Waals surface area contributed by atoms with Gasteiger partial charge in [-0.05, 0) is 74.6 Å². The van der Waals surface area contributed by atoms with Gasteiger partial charge in [0.2, 0.25) is 5.95 Å². The van der Waals surface area contributed by atoms with Crippen LogP contribution in [0.2, 0.25) is 0 Å². The quantitative estimate of drug-likeness (QED) is 0.298. The maximum Gasteiger partial charge on any atom is 0.416 e. The Balaban J connectivity index is 1.46. The van der Waals surface area contributed by atoms with E-state index in [1.54, 1.807) is 26.0 Å². The minimum Gasteiger partial charge on any atom is -0.332 e. The van der Waals surface area contributed by atoms with E-state index in [9.17, 15) is 21.6 Å². The molecule has 3 N–H and O–H groups in total. The van der Waals surface area contributed by atoms with Crippen molar-refractivity contribution in [2.45, 2.75) is 24.9 Å². The Hall–Kier alpha value is -3.84. The second-order valence-corrected chi connectivity index (χ2v) is 9.86. The largest absolute Gasteiger partial charge is 0.416 e. The molecule has 0 amide bonds. The minimum atomic E-state index is -4.47. The molecule has 0 spiro atoms. The van der Waals surface area contributed by atoms with E-state index < -0.39 is 21.8 Å². The lowest BCUT2D eigenvalue weighted by Crippen LogP contribution is -2.19. The number of nitrogens with one attached hydrogen (secondary N) is 3. The average molecular weight is 533 g/mol. The summed E-state index contributed by atoms with van der Waals surface area (Å²) < 4.78 is 66.7. The summed E-state index contributed by atoms with van der Waals surface area (Å²) in [5.74, 6) is -0.0213. The number of rotatable bonds is 5. The van der Waals surface area contributed by atoms with E-state index >= 15 is 0 Å². The lowest BCUT2D eigenvalue weighted by molar-refractivity contribution is -0.137. The zero-order valence-electron chi connectivity index (χ0n) is 18.9. The smallest absolute Gasteiger partial charge is 0.332 e. The highest BCUT2D eigenvalue weighted by atomic mass is 32.2. The zero-order chi connectivity index (χ0) is 26.1. The maximum atomic E-state index is 13.0. The van der Waals surface area contributed by atoms with Gasteiger partial charge in [0.15, 0.2) is 5.11 Å². The Bertz CT molecular complexity index is 1540. The molecule has 0 aliphatic rings. The summed E-state index contributed by atoms with van der Waals surface area (Å²) in [6.45, 7) is 3.47. The monoisotopic (exact) mass is 532 g/mol. The Morgan fingerprint density at radius 3 is 2.22 bits per heavy atom. The van der Waals surface area contributed by atoms with Crippen LogP contribution in [0.4, 0.5) is 30.5 Å². The topological polar surface area (TPSA) is 109 Å². The number of thiocarbonyl (C=S) groups is 1. The maximum absolute atomic E-state index is 13.0. The Labute approximate surface area is 210 Å². The minimum absolute atomic E-state index is 0.00437. The number of aromatic nitrogens is 3. The van der Waals surface area contributed by atoms with Gasteiger partial charge in [-0.25, -0.2) is 23.1 Å². The SMILES string of the molecule is Cc1cc(C)nc(NS(=O)(=O)c2ccc(NC(=S)Nc3ccnc4cc(C(F)(F)F)ccc34)cc2)n1. The first-order valence-corrected chi connectivity index (χ1v) is 12.3. The molecule has 0 saturated heterocycles. The molecule has 2 aromatic carbocycles. The van der Waals surface area contributed by atoms with Crippen molar-refractivity contribution in [3.05, 3.63) is 77.7 Å². The second kappa shape index (κ2) is 9.66. The van der Waals surface area contributed by atoms with E-state index in [1.807, 2.05) is 0 Å². The van der Waals surface area contributed by atoms with Crippen molar-refractivity contribution >= 4 is 55.6 Å². The van der Waals surface area contributed by atoms with Crippen LogP contribution in [0, 0.1) is 13.8 Å². The van der Waals surface area contributed by atoms with Gasteiger partial charge >= 0.3 is 6.18 Å². The van der Waals surface area contributed by atoms with Crippen molar-refractivity contribution in [1.29, 1.82) is 0 Å². The van der Waals surface area contributed by atoms with Gasteiger partial charge in [-0.15, -0.1) is 0 Å². The van der Waals surface area contributed by atoms with E-state index in [4.69, 9.17) is 12.2 Å². The van der Waals surface area contributed by atoms with Gasteiger partial charge in [0.1, 0.15) is 0 Å². The number of anilines is 3. The van der Waals surface area contributed by atoms with E-state index in [-0.39, 0.29) is 21.5 Å². The number of alkyl halides is 3. The molecule has 0 radical (unpaired) electrons. The predicted molar refractivity (Wildman–Crippen MR) is 135 cm³/mol. The van der Waals surface area contributed by atoms with Gasteiger partial charge < -0.3 is 10.6 Å². The van der Waals surface area contributed by atoms with Gasteiger partial charge in [0.05, 0.1) is 21.7 Å². The summed E-state index contributed by atoms with van der Waals surface area (Å²) >= 11 is 5.31.